The second-order valence-corrected chi connectivity index (χ2v) is 3.48. The van der Waals surface area contributed by atoms with Gasteiger partial charge in [-0.1, -0.05) is 20.1 Å². The molecule has 0 heterocycles. The van der Waals surface area contributed by atoms with Gasteiger partial charge in [0.2, 0.25) is 0 Å². The van der Waals surface area contributed by atoms with Crippen molar-refractivity contribution in [2.75, 3.05) is 6.61 Å². The standard InChI is InChI=1S/C12H19FO2/c1-5-12(6-9(2)13)8-15-11(4)7-10(3)14/h6,10,14H,2,4-5,7-8H2,1,3H3/b12-6+. The van der Waals surface area contributed by atoms with Crippen molar-refractivity contribution in [1.29, 1.82) is 0 Å². The molecule has 0 bridgehead atoms. The van der Waals surface area contributed by atoms with E-state index in [1.54, 1.807) is 6.92 Å². The fourth-order valence-corrected chi connectivity index (χ4v) is 1.05. The molecule has 1 unspecified atom stereocenters. The average molecular weight is 214 g/mol. The Kier molecular flexibility index (Phi) is 6.71. The number of allylic oxidation sites excluding steroid dienone is 2. The molecule has 0 saturated carbocycles. The molecule has 0 saturated heterocycles. The zero-order valence-electron chi connectivity index (χ0n) is 9.42. The molecular formula is C12H19FO2. The van der Waals surface area contributed by atoms with E-state index < -0.39 is 11.9 Å². The second kappa shape index (κ2) is 7.23. The third-order valence-electron chi connectivity index (χ3n) is 1.80. The molecule has 0 aliphatic rings. The third kappa shape index (κ3) is 7.94. The molecular weight excluding hydrogens is 195 g/mol. The first-order valence-electron chi connectivity index (χ1n) is 4.98. The van der Waals surface area contributed by atoms with Crippen LogP contribution in [0.15, 0.2) is 36.4 Å². The Bertz CT molecular complexity index is 254. The zero-order valence-corrected chi connectivity index (χ0v) is 9.42. The summed E-state index contributed by atoms with van der Waals surface area (Å²) in [5, 5.41) is 9.06. The third-order valence-corrected chi connectivity index (χ3v) is 1.80. The van der Waals surface area contributed by atoms with Crippen molar-refractivity contribution in [1.82, 2.24) is 0 Å². The molecule has 86 valence electrons. The molecule has 0 aliphatic carbocycles. The Balaban J connectivity index is 4.01. The van der Waals surface area contributed by atoms with Crippen LogP contribution in [0.2, 0.25) is 0 Å². The first-order valence-corrected chi connectivity index (χ1v) is 4.98. The number of hydrogen-bond acceptors (Lipinski definition) is 2. The van der Waals surface area contributed by atoms with Crippen molar-refractivity contribution in [2.45, 2.75) is 32.8 Å². The Morgan fingerprint density at radius 2 is 2.13 bits per heavy atom. The van der Waals surface area contributed by atoms with Crippen LogP contribution in [0.4, 0.5) is 4.39 Å². The van der Waals surface area contributed by atoms with E-state index in [1.165, 1.54) is 6.08 Å². The Hall–Kier alpha value is -1.09. The molecule has 15 heavy (non-hydrogen) atoms. The van der Waals surface area contributed by atoms with Gasteiger partial charge in [0.25, 0.3) is 0 Å². The van der Waals surface area contributed by atoms with E-state index in [9.17, 15) is 4.39 Å². The fraction of sp³-hybridized carbons (Fsp3) is 0.500. The van der Waals surface area contributed by atoms with Crippen molar-refractivity contribution in [3.63, 3.8) is 0 Å². The van der Waals surface area contributed by atoms with Crippen LogP contribution >= 0.6 is 0 Å². The lowest BCUT2D eigenvalue weighted by molar-refractivity contribution is 0.151. The van der Waals surface area contributed by atoms with Gasteiger partial charge >= 0.3 is 0 Å². The zero-order chi connectivity index (χ0) is 11.8. The highest BCUT2D eigenvalue weighted by Gasteiger charge is 2.02. The first-order chi connectivity index (χ1) is 6.95. The molecule has 0 fully saturated rings. The Morgan fingerprint density at radius 3 is 2.53 bits per heavy atom. The van der Waals surface area contributed by atoms with Crippen LogP contribution in [0, 0.1) is 0 Å². The van der Waals surface area contributed by atoms with Gasteiger partial charge in [0.15, 0.2) is 0 Å². The number of ether oxygens (including phenoxy) is 1. The van der Waals surface area contributed by atoms with Gasteiger partial charge in [-0.15, -0.1) is 0 Å². The van der Waals surface area contributed by atoms with Crippen LogP contribution in [-0.2, 0) is 4.74 Å². The van der Waals surface area contributed by atoms with Gasteiger partial charge in [-0.05, 0) is 25.0 Å². The lowest BCUT2D eigenvalue weighted by atomic mass is 10.2. The highest BCUT2D eigenvalue weighted by Crippen LogP contribution is 2.11. The predicted octanol–water partition coefficient (Wildman–Crippen LogP) is 3.11. The summed E-state index contributed by atoms with van der Waals surface area (Å²) >= 11 is 0. The quantitative estimate of drug-likeness (QED) is 0.521. The van der Waals surface area contributed by atoms with Crippen LogP contribution < -0.4 is 0 Å². The van der Waals surface area contributed by atoms with Gasteiger partial charge in [-0.3, -0.25) is 0 Å². The average Bonchev–Trinajstić information content (AvgIpc) is 2.10. The number of halogens is 1. The van der Waals surface area contributed by atoms with Gasteiger partial charge in [0.05, 0.1) is 11.9 Å². The van der Waals surface area contributed by atoms with E-state index >= 15 is 0 Å². The highest BCUT2D eigenvalue weighted by atomic mass is 19.1. The summed E-state index contributed by atoms with van der Waals surface area (Å²) in [5.74, 6) is 0.0328. The molecule has 0 amide bonds. The van der Waals surface area contributed by atoms with Crippen molar-refractivity contribution in [3.8, 4) is 0 Å². The van der Waals surface area contributed by atoms with E-state index in [4.69, 9.17) is 9.84 Å². The van der Waals surface area contributed by atoms with E-state index in [2.05, 4.69) is 13.2 Å². The van der Waals surface area contributed by atoms with Crippen molar-refractivity contribution in [3.05, 3.63) is 36.4 Å². The van der Waals surface area contributed by atoms with Gasteiger partial charge in [-0.2, -0.15) is 0 Å². The predicted molar refractivity (Wildman–Crippen MR) is 60.0 cm³/mol. The largest absolute Gasteiger partial charge is 0.494 e. The summed E-state index contributed by atoms with van der Waals surface area (Å²) in [7, 11) is 0. The minimum absolute atomic E-state index is 0.297. The maximum atomic E-state index is 12.5. The molecule has 0 aromatic rings. The monoisotopic (exact) mass is 214 g/mol. The lowest BCUT2D eigenvalue weighted by Crippen LogP contribution is -2.05. The van der Waals surface area contributed by atoms with E-state index in [-0.39, 0.29) is 0 Å². The van der Waals surface area contributed by atoms with E-state index in [0.29, 0.717) is 25.2 Å². The number of hydrogen-bond donors (Lipinski definition) is 1. The maximum Gasteiger partial charge on any atom is 0.116 e. The minimum Gasteiger partial charge on any atom is -0.494 e. The van der Waals surface area contributed by atoms with Gasteiger partial charge in [-0.25, -0.2) is 4.39 Å². The van der Waals surface area contributed by atoms with E-state index in [0.717, 1.165) is 5.57 Å². The highest BCUT2D eigenvalue weighted by molar-refractivity contribution is 5.15. The van der Waals surface area contributed by atoms with Crippen LogP contribution in [0.3, 0.4) is 0 Å². The first kappa shape index (κ1) is 13.9. The smallest absolute Gasteiger partial charge is 0.116 e. The number of aliphatic hydroxyl groups is 1. The molecule has 0 radical (unpaired) electrons. The van der Waals surface area contributed by atoms with Crippen molar-refractivity contribution < 1.29 is 14.2 Å². The summed E-state index contributed by atoms with van der Waals surface area (Å²) in [4.78, 5) is 0. The van der Waals surface area contributed by atoms with Crippen LogP contribution in [0.1, 0.15) is 26.7 Å². The number of rotatable bonds is 7. The summed E-state index contributed by atoms with van der Waals surface area (Å²) in [5.41, 5.74) is 0.814. The Morgan fingerprint density at radius 1 is 1.53 bits per heavy atom. The molecule has 3 heteroatoms. The fourth-order valence-electron chi connectivity index (χ4n) is 1.05. The topological polar surface area (TPSA) is 29.5 Å². The Labute approximate surface area is 90.8 Å². The maximum absolute atomic E-state index is 12.5. The lowest BCUT2D eigenvalue weighted by Gasteiger charge is -2.11. The van der Waals surface area contributed by atoms with Crippen molar-refractivity contribution in [2.24, 2.45) is 0 Å². The molecule has 2 nitrogen and oxygen atoms in total. The molecule has 0 aliphatic heterocycles. The SMILES string of the molecule is C=C(F)/C=C(\CC)COC(=C)CC(C)O. The van der Waals surface area contributed by atoms with Gasteiger partial charge < -0.3 is 9.84 Å². The normalized spacial score (nSPS) is 13.5. The van der Waals surface area contributed by atoms with Crippen LogP contribution in [0.5, 0.6) is 0 Å². The molecule has 1 atom stereocenters. The minimum atomic E-state index is -0.475. The van der Waals surface area contributed by atoms with Gasteiger partial charge in [0, 0.05) is 6.42 Å². The molecule has 0 spiro atoms. The molecule has 0 aromatic carbocycles. The van der Waals surface area contributed by atoms with Crippen LogP contribution in [-0.4, -0.2) is 17.8 Å². The van der Waals surface area contributed by atoms with Crippen molar-refractivity contribution >= 4 is 0 Å². The summed E-state index contributed by atoms with van der Waals surface area (Å²) < 4.78 is 17.8. The molecule has 0 aromatic heterocycles. The number of aliphatic hydroxyl groups excluding tert-OH is 1. The molecule has 0 rings (SSSR count). The van der Waals surface area contributed by atoms with Gasteiger partial charge in [0.1, 0.15) is 12.4 Å². The molecule has 1 N–H and O–H groups in total. The second-order valence-electron chi connectivity index (χ2n) is 3.48. The summed E-state index contributed by atoms with van der Waals surface area (Å²) in [6.45, 7) is 10.7. The summed E-state index contributed by atoms with van der Waals surface area (Å²) in [6, 6.07) is 0. The summed E-state index contributed by atoms with van der Waals surface area (Å²) in [6.07, 6.45) is 1.98. The van der Waals surface area contributed by atoms with Crippen LogP contribution in [0.25, 0.3) is 0 Å². The van der Waals surface area contributed by atoms with E-state index in [1.807, 2.05) is 6.92 Å².